The second-order valence-electron chi connectivity index (χ2n) is 6.59. The molecule has 0 atom stereocenters. The molecule has 0 unspecified atom stereocenters. The van der Waals surface area contributed by atoms with Crippen molar-refractivity contribution in [2.75, 3.05) is 52.4 Å². The summed E-state index contributed by atoms with van der Waals surface area (Å²) in [6.07, 6.45) is -4.30. The van der Waals surface area contributed by atoms with E-state index in [0.717, 1.165) is 70.1 Å². The molecule has 2 N–H and O–H groups in total. The maximum absolute atomic E-state index is 12.6. The summed E-state index contributed by atoms with van der Waals surface area (Å²) in [7, 11) is 0. The van der Waals surface area contributed by atoms with Gasteiger partial charge < -0.3 is 15.5 Å². The van der Waals surface area contributed by atoms with Crippen molar-refractivity contribution in [2.24, 2.45) is 4.99 Å². The Bertz CT molecular complexity index is 578. The van der Waals surface area contributed by atoms with Crippen LogP contribution in [-0.2, 0) is 12.7 Å². The van der Waals surface area contributed by atoms with Crippen LogP contribution >= 0.6 is 0 Å². The normalized spacial score (nSPS) is 17.1. The predicted molar refractivity (Wildman–Crippen MR) is 103 cm³/mol. The summed E-state index contributed by atoms with van der Waals surface area (Å²) in [6.45, 7) is 12.4. The van der Waals surface area contributed by atoms with E-state index in [0.29, 0.717) is 12.5 Å². The Balaban J connectivity index is 1.80. The fraction of sp³-hybridized carbons (Fsp3) is 0.632. The Hall–Kier alpha value is -1.80. The number of hydrogen-bond acceptors (Lipinski definition) is 3. The Kier molecular flexibility index (Phi) is 8.37. The highest BCUT2D eigenvalue weighted by molar-refractivity contribution is 5.79. The summed E-state index contributed by atoms with van der Waals surface area (Å²) in [5.74, 6) is 0.685. The van der Waals surface area contributed by atoms with Gasteiger partial charge in [-0.3, -0.25) is 4.90 Å². The highest BCUT2D eigenvalue weighted by Crippen LogP contribution is 2.29. The first-order valence-electron chi connectivity index (χ1n) is 9.55. The monoisotopic (exact) mass is 385 g/mol. The molecule has 1 aliphatic heterocycles. The summed E-state index contributed by atoms with van der Waals surface area (Å²) in [5.41, 5.74) is 0.110. The summed E-state index contributed by atoms with van der Waals surface area (Å²) >= 11 is 0. The molecule has 0 bridgehead atoms. The van der Waals surface area contributed by atoms with Crippen LogP contribution in [0, 0.1) is 0 Å². The first-order valence-corrected chi connectivity index (χ1v) is 9.55. The van der Waals surface area contributed by atoms with Crippen molar-refractivity contribution in [2.45, 2.75) is 26.6 Å². The standard InChI is InChI=1S/C19H30F3N5/c1-3-23-18(24-9-10-27-13-11-26(4-2)12-14-27)25-15-16-5-7-17(8-6-16)19(20,21)22/h5-8H,3-4,9-15H2,1-2H3,(H2,23,24,25). The van der Waals surface area contributed by atoms with Crippen molar-refractivity contribution < 1.29 is 13.2 Å². The maximum atomic E-state index is 12.6. The highest BCUT2D eigenvalue weighted by atomic mass is 19.4. The lowest BCUT2D eigenvalue weighted by Crippen LogP contribution is -2.49. The smallest absolute Gasteiger partial charge is 0.357 e. The molecule has 0 aromatic heterocycles. The molecule has 2 rings (SSSR count). The van der Waals surface area contributed by atoms with Crippen LogP contribution in [0.1, 0.15) is 25.0 Å². The van der Waals surface area contributed by atoms with Gasteiger partial charge in [-0.1, -0.05) is 19.1 Å². The van der Waals surface area contributed by atoms with Crippen molar-refractivity contribution in [1.29, 1.82) is 0 Å². The number of nitrogens with zero attached hydrogens (tertiary/aromatic N) is 3. The van der Waals surface area contributed by atoms with Gasteiger partial charge in [0.15, 0.2) is 5.96 Å². The molecular formula is C19H30F3N5. The van der Waals surface area contributed by atoms with Gasteiger partial charge in [-0.25, -0.2) is 4.99 Å². The minimum absolute atomic E-state index is 0.336. The molecule has 5 nitrogen and oxygen atoms in total. The average molecular weight is 385 g/mol. The fourth-order valence-electron chi connectivity index (χ4n) is 2.97. The van der Waals surface area contributed by atoms with Gasteiger partial charge in [0.25, 0.3) is 0 Å². The minimum atomic E-state index is -4.30. The number of benzene rings is 1. The van der Waals surface area contributed by atoms with Gasteiger partial charge in [-0.15, -0.1) is 0 Å². The number of aliphatic imine (C=N–C) groups is 1. The summed E-state index contributed by atoms with van der Waals surface area (Å²) < 4.78 is 37.8. The molecule has 1 saturated heterocycles. The Morgan fingerprint density at radius 2 is 1.63 bits per heavy atom. The van der Waals surface area contributed by atoms with Gasteiger partial charge in [0.1, 0.15) is 0 Å². The number of guanidine groups is 1. The summed E-state index contributed by atoms with van der Waals surface area (Å²) in [5, 5.41) is 6.48. The van der Waals surface area contributed by atoms with Crippen LogP contribution in [0.4, 0.5) is 13.2 Å². The highest BCUT2D eigenvalue weighted by Gasteiger charge is 2.29. The molecule has 152 valence electrons. The van der Waals surface area contributed by atoms with Crippen LogP contribution in [0.25, 0.3) is 0 Å². The third-order valence-electron chi connectivity index (χ3n) is 4.68. The number of alkyl halides is 3. The predicted octanol–water partition coefficient (Wildman–Crippen LogP) is 2.40. The lowest BCUT2D eigenvalue weighted by molar-refractivity contribution is -0.137. The average Bonchev–Trinajstić information content (AvgIpc) is 2.66. The Morgan fingerprint density at radius 3 is 2.19 bits per heavy atom. The van der Waals surface area contributed by atoms with Gasteiger partial charge in [-0.2, -0.15) is 13.2 Å². The van der Waals surface area contributed by atoms with E-state index >= 15 is 0 Å². The van der Waals surface area contributed by atoms with Crippen LogP contribution < -0.4 is 10.6 Å². The zero-order chi connectivity index (χ0) is 19.7. The first-order chi connectivity index (χ1) is 12.9. The zero-order valence-electron chi connectivity index (χ0n) is 16.1. The van der Waals surface area contributed by atoms with Gasteiger partial charge >= 0.3 is 6.18 Å². The summed E-state index contributed by atoms with van der Waals surface area (Å²) in [6, 6.07) is 5.15. The molecule has 1 fully saturated rings. The van der Waals surface area contributed by atoms with Crippen molar-refractivity contribution in [3.63, 3.8) is 0 Å². The van der Waals surface area contributed by atoms with E-state index < -0.39 is 11.7 Å². The fourth-order valence-corrected chi connectivity index (χ4v) is 2.97. The van der Waals surface area contributed by atoms with Crippen molar-refractivity contribution in [3.8, 4) is 0 Å². The van der Waals surface area contributed by atoms with E-state index in [9.17, 15) is 13.2 Å². The molecule has 27 heavy (non-hydrogen) atoms. The van der Waals surface area contributed by atoms with Gasteiger partial charge in [0.05, 0.1) is 12.1 Å². The van der Waals surface area contributed by atoms with Crippen LogP contribution in [0.5, 0.6) is 0 Å². The van der Waals surface area contributed by atoms with Gasteiger partial charge in [-0.05, 0) is 31.2 Å². The molecule has 1 aromatic carbocycles. The third kappa shape index (κ3) is 7.38. The van der Waals surface area contributed by atoms with E-state index in [1.807, 2.05) is 6.92 Å². The molecule has 0 amide bonds. The van der Waals surface area contributed by atoms with Crippen LogP contribution in [0.2, 0.25) is 0 Å². The molecule has 0 saturated carbocycles. The molecule has 1 aromatic rings. The van der Waals surface area contributed by atoms with Crippen molar-refractivity contribution in [3.05, 3.63) is 35.4 Å². The van der Waals surface area contributed by atoms with E-state index in [-0.39, 0.29) is 0 Å². The molecular weight excluding hydrogens is 355 g/mol. The molecule has 0 spiro atoms. The van der Waals surface area contributed by atoms with Gasteiger partial charge in [0, 0.05) is 45.8 Å². The number of halogens is 3. The molecule has 0 radical (unpaired) electrons. The molecule has 8 heteroatoms. The zero-order valence-corrected chi connectivity index (χ0v) is 16.1. The second-order valence-corrected chi connectivity index (χ2v) is 6.59. The van der Waals surface area contributed by atoms with Crippen molar-refractivity contribution in [1.82, 2.24) is 20.4 Å². The van der Waals surface area contributed by atoms with E-state index in [2.05, 4.69) is 32.3 Å². The SMILES string of the molecule is CCNC(=NCc1ccc(C(F)(F)F)cc1)NCCN1CCN(CC)CC1. The lowest BCUT2D eigenvalue weighted by Gasteiger charge is -2.34. The maximum Gasteiger partial charge on any atom is 0.416 e. The lowest BCUT2D eigenvalue weighted by atomic mass is 10.1. The Morgan fingerprint density at radius 1 is 1.00 bits per heavy atom. The molecule has 1 aliphatic rings. The minimum Gasteiger partial charge on any atom is -0.357 e. The quantitative estimate of drug-likeness (QED) is 0.559. The van der Waals surface area contributed by atoms with Crippen LogP contribution in [0.3, 0.4) is 0 Å². The number of hydrogen-bond donors (Lipinski definition) is 2. The van der Waals surface area contributed by atoms with E-state index in [4.69, 9.17) is 0 Å². The Labute approximate surface area is 159 Å². The summed E-state index contributed by atoms with van der Waals surface area (Å²) in [4.78, 5) is 9.34. The second kappa shape index (κ2) is 10.5. The van der Waals surface area contributed by atoms with E-state index in [1.165, 1.54) is 12.1 Å². The number of rotatable bonds is 7. The molecule has 0 aliphatic carbocycles. The largest absolute Gasteiger partial charge is 0.416 e. The number of likely N-dealkylation sites (N-methyl/N-ethyl adjacent to an activating group) is 1. The van der Waals surface area contributed by atoms with Crippen LogP contribution in [-0.4, -0.2) is 68.1 Å². The number of nitrogens with one attached hydrogen (secondary N) is 2. The third-order valence-corrected chi connectivity index (χ3v) is 4.68. The van der Waals surface area contributed by atoms with Gasteiger partial charge in [0.2, 0.25) is 0 Å². The first kappa shape index (κ1) is 21.5. The number of piperazine rings is 1. The van der Waals surface area contributed by atoms with Crippen LogP contribution in [0.15, 0.2) is 29.3 Å². The van der Waals surface area contributed by atoms with Crippen molar-refractivity contribution >= 4 is 5.96 Å². The molecule has 1 heterocycles. The topological polar surface area (TPSA) is 42.9 Å². The van der Waals surface area contributed by atoms with E-state index in [1.54, 1.807) is 0 Å².